The normalized spacial score (nSPS) is 12.1. The molecule has 0 radical (unpaired) electrons. The molecule has 63 heavy (non-hydrogen) atoms. The minimum atomic E-state index is 0.512. The van der Waals surface area contributed by atoms with Gasteiger partial charge < -0.3 is 8.83 Å². The van der Waals surface area contributed by atoms with Crippen molar-refractivity contribution in [2.75, 3.05) is 0 Å². The van der Waals surface area contributed by atoms with Crippen LogP contribution in [-0.4, -0.2) is 19.5 Å². The molecule has 4 heterocycles. The molecule has 10 aromatic carbocycles. The molecule has 14 aromatic rings. The standard InChI is InChI=1S/C57H32N4O2/c1-2-13-35-29-38(24-23-33(35)11-1)55-58-56(39-25-27-42-41-17-7-8-22-49(41)62-51(42)32-39)60-57(59-55)61-48-31-37-15-4-3-14-36(37)30-47(48)44-19-9-18-43(53(44)61)45-20-10-21-46-52-40-16-6-5-12-34(40)26-28-50(52)63-54(45)46/h1-32H. The summed E-state index contributed by atoms with van der Waals surface area (Å²) in [7, 11) is 0. The summed E-state index contributed by atoms with van der Waals surface area (Å²) in [6, 6.07) is 68.0. The number of benzene rings is 10. The first-order valence-corrected chi connectivity index (χ1v) is 21.2. The Morgan fingerprint density at radius 1 is 0.349 bits per heavy atom. The van der Waals surface area contributed by atoms with Gasteiger partial charge in [-0.1, -0.05) is 152 Å². The van der Waals surface area contributed by atoms with Crippen molar-refractivity contribution in [3.05, 3.63) is 194 Å². The van der Waals surface area contributed by atoms with Gasteiger partial charge in [-0.15, -0.1) is 0 Å². The van der Waals surface area contributed by atoms with Crippen molar-refractivity contribution in [1.82, 2.24) is 19.5 Å². The van der Waals surface area contributed by atoms with Gasteiger partial charge >= 0.3 is 0 Å². The van der Waals surface area contributed by atoms with Crippen LogP contribution in [0.4, 0.5) is 0 Å². The van der Waals surface area contributed by atoms with E-state index in [4.69, 9.17) is 23.8 Å². The SMILES string of the molecule is c1ccc2cc(-c3nc(-c4ccc5c(c4)oc4ccccc45)nc(-n4c5cc6ccccc6cc5c5cccc(-c6cccc7c6oc6ccc8ccccc8c67)c54)n3)ccc2c1. The Labute approximate surface area is 358 Å². The third-order valence-corrected chi connectivity index (χ3v) is 12.8. The molecule has 0 saturated heterocycles. The largest absolute Gasteiger partial charge is 0.456 e. The van der Waals surface area contributed by atoms with Crippen molar-refractivity contribution in [2.45, 2.75) is 0 Å². The Balaban J connectivity index is 1.09. The summed E-state index contributed by atoms with van der Waals surface area (Å²) in [5, 5.41) is 13.4. The number of rotatable bonds is 4. The lowest BCUT2D eigenvalue weighted by Crippen LogP contribution is -2.07. The van der Waals surface area contributed by atoms with Crippen LogP contribution in [0.5, 0.6) is 0 Å². The average molecular weight is 805 g/mol. The van der Waals surface area contributed by atoms with Crippen molar-refractivity contribution in [3.63, 3.8) is 0 Å². The first-order valence-electron chi connectivity index (χ1n) is 21.2. The highest BCUT2D eigenvalue weighted by Crippen LogP contribution is 2.44. The van der Waals surface area contributed by atoms with Gasteiger partial charge in [-0.2, -0.15) is 9.97 Å². The predicted molar refractivity (Wildman–Crippen MR) is 258 cm³/mol. The van der Waals surface area contributed by atoms with Crippen molar-refractivity contribution in [2.24, 2.45) is 0 Å². The molecule has 14 rings (SSSR count). The van der Waals surface area contributed by atoms with Crippen LogP contribution in [0, 0.1) is 0 Å². The highest BCUT2D eigenvalue weighted by atomic mass is 16.3. The van der Waals surface area contributed by atoms with Crippen molar-refractivity contribution in [3.8, 4) is 39.9 Å². The van der Waals surface area contributed by atoms with E-state index in [-0.39, 0.29) is 0 Å². The lowest BCUT2D eigenvalue weighted by Gasteiger charge is -2.13. The van der Waals surface area contributed by atoms with Gasteiger partial charge in [0.15, 0.2) is 11.6 Å². The monoisotopic (exact) mass is 804 g/mol. The van der Waals surface area contributed by atoms with Crippen LogP contribution < -0.4 is 0 Å². The fraction of sp³-hybridized carbons (Fsp3) is 0. The Hall–Kier alpha value is -8.61. The third kappa shape index (κ3) is 5.09. The first kappa shape index (κ1) is 34.1. The first-order chi connectivity index (χ1) is 31.2. The van der Waals surface area contributed by atoms with E-state index in [2.05, 4.69) is 180 Å². The van der Waals surface area contributed by atoms with E-state index < -0.39 is 0 Å². The van der Waals surface area contributed by atoms with Gasteiger partial charge in [0.05, 0.1) is 11.0 Å². The molecule has 0 saturated carbocycles. The summed E-state index contributed by atoms with van der Waals surface area (Å²) in [5.41, 5.74) is 9.03. The summed E-state index contributed by atoms with van der Waals surface area (Å²) in [5.74, 6) is 1.63. The van der Waals surface area contributed by atoms with E-state index in [9.17, 15) is 0 Å². The Bertz CT molecular complexity index is 4230. The summed E-state index contributed by atoms with van der Waals surface area (Å²) in [6.07, 6.45) is 0. The topological polar surface area (TPSA) is 69.9 Å². The number of aromatic nitrogens is 4. The molecule has 0 fully saturated rings. The van der Waals surface area contributed by atoms with Gasteiger partial charge in [-0.25, -0.2) is 4.98 Å². The summed E-state index contributed by atoms with van der Waals surface area (Å²) >= 11 is 0. The van der Waals surface area contributed by atoms with Crippen LogP contribution in [0.25, 0.3) is 138 Å². The van der Waals surface area contributed by atoms with Crippen molar-refractivity contribution >= 4 is 98.0 Å². The Morgan fingerprint density at radius 3 is 1.81 bits per heavy atom. The lowest BCUT2D eigenvalue weighted by atomic mass is 9.98. The highest BCUT2D eigenvalue weighted by molar-refractivity contribution is 6.23. The second-order valence-electron chi connectivity index (χ2n) is 16.4. The zero-order valence-electron chi connectivity index (χ0n) is 33.6. The van der Waals surface area contributed by atoms with E-state index in [1.54, 1.807) is 0 Å². The number of fused-ring (bicyclic) bond motifs is 13. The smallest absolute Gasteiger partial charge is 0.238 e. The number of furan rings is 2. The molecule has 0 unspecified atom stereocenters. The molecule has 0 N–H and O–H groups in total. The van der Waals surface area contributed by atoms with Gasteiger partial charge in [0.2, 0.25) is 5.95 Å². The summed E-state index contributed by atoms with van der Waals surface area (Å²) in [6.45, 7) is 0. The summed E-state index contributed by atoms with van der Waals surface area (Å²) in [4.78, 5) is 16.1. The second kappa shape index (κ2) is 12.9. The number of hydrogen-bond donors (Lipinski definition) is 0. The molecule has 0 aliphatic carbocycles. The van der Waals surface area contributed by atoms with E-state index in [1.807, 2.05) is 18.2 Å². The van der Waals surface area contributed by atoms with E-state index in [1.165, 1.54) is 10.8 Å². The molecule has 6 heteroatoms. The molecule has 4 aromatic heterocycles. The molecule has 292 valence electrons. The third-order valence-electron chi connectivity index (χ3n) is 12.8. The molecular weight excluding hydrogens is 773 g/mol. The molecule has 0 aliphatic rings. The second-order valence-corrected chi connectivity index (χ2v) is 16.4. The maximum Gasteiger partial charge on any atom is 0.238 e. The zero-order chi connectivity index (χ0) is 41.2. The predicted octanol–water partition coefficient (Wildman–Crippen LogP) is 15.2. The Kier molecular flexibility index (Phi) is 7.02. The van der Waals surface area contributed by atoms with E-state index >= 15 is 0 Å². The average Bonchev–Trinajstić information content (AvgIpc) is 4.02. The van der Waals surface area contributed by atoms with Gasteiger partial charge in [0.1, 0.15) is 22.3 Å². The highest BCUT2D eigenvalue weighted by Gasteiger charge is 2.24. The fourth-order valence-electron chi connectivity index (χ4n) is 9.87. The lowest BCUT2D eigenvalue weighted by molar-refractivity contribution is 0.669. The Morgan fingerprint density at radius 2 is 0.968 bits per heavy atom. The number of para-hydroxylation sites is 3. The molecule has 6 nitrogen and oxygen atoms in total. The van der Waals surface area contributed by atoms with Crippen molar-refractivity contribution < 1.29 is 8.83 Å². The van der Waals surface area contributed by atoms with E-state index in [0.29, 0.717) is 17.6 Å². The van der Waals surface area contributed by atoms with Gasteiger partial charge in [-0.3, -0.25) is 4.57 Å². The maximum atomic E-state index is 6.86. The van der Waals surface area contributed by atoms with Crippen molar-refractivity contribution in [1.29, 1.82) is 0 Å². The molecule has 0 spiro atoms. The fourth-order valence-corrected chi connectivity index (χ4v) is 9.87. The van der Waals surface area contributed by atoms with Gasteiger partial charge in [0, 0.05) is 54.6 Å². The molecule has 0 amide bonds. The zero-order valence-corrected chi connectivity index (χ0v) is 33.6. The number of nitrogens with zero attached hydrogens (tertiary/aromatic N) is 4. The van der Waals surface area contributed by atoms with Crippen LogP contribution in [0.1, 0.15) is 0 Å². The minimum absolute atomic E-state index is 0.512. The van der Waals surface area contributed by atoms with E-state index in [0.717, 1.165) is 109 Å². The van der Waals surface area contributed by atoms with Crippen LogP contribution >= 0.6 is 0 Å². The molecule has 0 bridgehead atoms. The van der Waals surface area contributed by atoms with Crippen LogP contribution in [0.2, 0.25) is 0 Å². The van der Waals surface area contributed by atoms with Crippen LogP contribution in [0.3, 0.4) is 0 Å². The quantitative estimate of drug-likeness (QED) is 0.177. The minimum Gasteiger partial charge on any atom is -0.456 e. The van der Waals surface area contributed by atoms with Gasteiger partial charge in [0.25, 0.3) is 0 Å². The molecule has 0 atom stereocenters. The van der Waals surface area contributed by atoms with Crippen LogP contribution in [-0.2, 0) is 0 Å². The summed E-state index contributed by atoms with van der Waals surface area (Å²) < 4.78 is 15.5. The maximum absolute atomic E-state index is 6.86. The van der Waals surface area contributed by atoms with Gasteiger partial charge in [-0.05, 0) is 74.8 Å². The molecular formula is C57H32N4O2. The number of hydrogen-bond acceptors (Lipinski definition) is 5. The van der Waals surface area contributed by atoms with Crippen LogP contribution in [0.15, 0.2) is 203 Å². The molecule has 0 aliphatic heterocycles.